The lowest BCUT2D eigenvalue weighted by Crippen LogP contribution is -2.32. The van der Waals surface area contributed by atoms with Crippen molar-refractivity contribution in [3.05, 3.63) is 71.5 Å². The average Bonchev–Trinajstić information content (AvgIpc) is 3.25. The third-order valence-electron chi connectivity index (χ3n) is 5.53. The molecule has 1 fully saturated rings. The van der Waals surface area contributed by atoms with E-state index in [1.807, 2.05) is 30.5 Å². The summed E-state index contributed by atoms with van der Waals surface area (Å²) in [4.78, 5) is 2.49. The number of aromatic amines is 1. The molecule has 5 nitrogen and oxygen atoms in total. The second-order valence-electron chi connectivity index (χ2n) is 7.29. The van der Waals surface area contributed by atoms with E-state index in [1.54, 1.807) is 7.11 Å². The molecule has 2 aromatic carbocycles. The molecule has 1 N–H and O–H groups in total. The van der Waals surface area contributed by atoms with Crippen LogP contribution in [0.3, 0.4) is 0 Å². The molecule has 0 atom stereocenters. The Morgan fingerprint density at radius 2 is 1.96 bits per heavy atom. The summed E-state index contributed by atoms with van der Waals surface area (Å²) in [5.41, 5.74) is 5.52. The Hall–Kier alpha value is -3.10. The number of nitrogens with zero attached hydrogens (tertiary/aromatic N) is 3. The van der Waals surface area contributed by atoms with E-state index in [4.69, 9.17) is 10.00 Å². The minimum Gasteiger partial charge on any atom is -0.497 e. The van der Waals surface area contributed by atoms with Crippen LogP contribution in [0.25, 0.3) is 11.1 Å². The van der Waals surface area contributed by atoms with E-state index in [9.17, 15) is 0 Å². The van der Waals surface area contributed by atoms with E-state index < -0.39 is 0 Å². The van der Waals surface area contributed by atoms with Crippen molar-refractivity contribution in [2.75, 3.05) is 20.2 Å². The summed E-state index contributed by atoms with van der Waals surface area (Å²) in [5.74, 6) is 1.35. The fraction of sp³-hybridized carbons (Fsp3) is 0.304. The first-order valence-electron chi connectivity index (χ1n) is 9.66. The van der Waals surface area contributed by atoms with Crippen molar-refractivity contribution in [3.63, 3.8) is 0 Å². The van der Waals surface area contributed by atoms with Crippen LogP contribution in [-0.4, -0.2) is 35.3 Å². The molecule has 5 heteroatoms. The molecule has 28 heavy (non-hydrogen) atoms. The molecule has 0 amide bonds. The van der Waals surface area contributed by atoms with Crippen molar-refractivity contribution in [1.82, 2.24) is 15.1 Å². The number of ether oxygens (including phenoxy) is 1. The highest BCUT2D eigenvalue weighted by Gasteiger charge is 2.24. The lowest BCUT2D eigenvalue weighted by molar-refractivity contribution is 0.203. The van der Waals surface area contributed by atoms with Crippen LogP contribution < -0.4 is 4.74 Å². The van der Waals surface area contributed by atoms with E-state index in [-0.39, 0.29) is 0 Å². The van der Waals surface area contributed by atoms with Crippen molar-refractivity contribution < 1.29 is 4.74 Å². The van der Waals surface area contributed by atoms with Gasteiger partial charge in [0.25, 0.3) is 0 Å². The molecule has 4 rings (SSSR count). The number of likely N-dealkylation sites (tertiary alicyclic amines) is 1. The van der Waals surface area contributed by atoms with E-state index in [1.165, 1.54) is 16.8 Å². The summed E-state index contributed by atoms with van der Waals surface area (Å²) >= 11 is 0. The van der Waals surface area contributed by atoms with Crippen LogP contribution in [0.15, 0.2) is 54.7 Å². The van der Waals surface area contributed by atoms with Gasteiger partial charge in [-0.25, -0.2) is 0 Å². The molecular weight excluding hydrogens is 348 g/mol. The molecule has 0 radical (unpaired) electrons. The molecule has 0 bridgehead atoms. The number of methoxy groups -OCH3 is 1. The maximum Gasteiger partial charge on any atom is 0.119 e. The van der Waals surface area contributed by atoms with Crippen LogP contribution in [0.5, 0.6) is 5.75 Å². The molecule has 3 aromatic rings. The largest absolute Gasteiger partial charge is 0.497 e. The second kappa shape index (κ2) is 8.28. The fourth-order valence-corrected chi connectivity index (χ4v) is 3.95. The van der Waals surface area contributed by atoms with E-state index in [0.717, 1.165) is 43.8 Å². The first-order chi connectivity index (χ1) is 13.8. The Morgan fingerprint density at radius 1 is 1.18 bits per heavy atom. The van der Waals surface area contributed by atoms with Gasteiger partial charge in [-0.1, -0.05) is 24.3 Å². The molecule has 0 unspecified atom stereocenters. The molecule has 0 spiro atoms. The van der Waals surface area contributed by atoms with Gasteiger partial charge in [-0.2, -0.15) is 10.4 Å². The number of piperidine rings is 1. The summed E-state index contributed by atoms with van der Waals surface area (Å²) in [6.45, 7) is 3.05. The zero-order valence-corrected chi connectivity index (χ0v) is 16.1. The molecule has 2 heterocycles. The normalized spacial score (nSPS) is 15.3. The van der Waals surface area contributed by atoms with Crippen LogP contribution in [-0.2, 0) is 6.54 Å². The summed E-state index contributed by atoms with van der Waals surface area (Å²) < 4.78 is 5.37. The van der Waals surface area contributed by atoms with Crippen LogP contribution >= 0.6 is 0 Å². The Labute approximate surface area is 165 Å². The number of nitriles is 1. The number of hydrogen-bond acceptors (Lipinski definition) is 4. The SMILES string of the molecule is COc1cccc(-c2cn[nH]c2C2CCN(Cc3ccc(C#N)cc3)CC2)c1. The first-order valence-corrected chi connectivity index (χ1v) is 9.66. The van der Waals surface area contributed by atoms with E-state index >= 15 is 0 Å². The minimum atomic E-state index is 0.487. The second-order valence-corrected chi connectivity index (χ2v) is 7.29. The highest BCUT2D eigenvalue weighted by atomic mass is 16.5. The monoisotopic (exact) mass is 372 g/mol. The molecular formula is C23H24N4O. The maximum absolute atomic E-state index is 8.93. The molecule has 142 valence electrons. The minimum absolute atomic E-state index is 0.487. The van der Waals surface area contributed by atoms with Crippen molar-refractivity contribution in [2.45, 2.75) is 25.3 Å². The Kier molecular flexibility index (Phi) is 5.41. The topological polar surface area (TPSA) is 64.9 Å². The predicted octanol–water partition coefficient (Wildman–Crippen LogP) is 4.34. The molecule has 1 aliphatic rings. The van der Waals surface area contributed by atoms with Gasteiger partial charge in [0.05, 0.1) is 24.9 Å². The number of hydrogen-bond donors (Lipinski definition) is 1. The van der Waals surface area contributed by atoms with Gasteiger partial charge >= 0.3 is 0 Å². The van der Waals surface area contributed by atoms with Crippen molar-refractivity contribution in [3.8, 4) is 22.9 Å². The van der Waals surface area contributed by atoms with Gasteiger partial charge in [-0.3, -0.25) is 10.00 Å². The molecule has 0 aliphatic carbocycles. The highest BCUT2D eigenvalue weighted by molar-refractivity contribution is 5.67. The summed E-state index contributed by atoms with van der Waals surface area (Å²) in [6.07, 6.45) is 4.14. The standard InChI is InChI=1S/C23H24N4O/c1-28-21-4-2-3-20(13-21)22-15-25-26-23(22)19-9-11-27(12-10-19)16-18-7-5-17(14-24)6-8-18/h2-8,13,15,19H,9-12,16H2,1H3,(H,25,26). The zero-order chi connectivity index (χ0) is 19.3. The summed E-state index contributed by atoms with van der Waals surface area (Å²) in [6, 6.07) is 18.2. The number of H-pyrrole nitrogens is 1. The van der Waals surface area contributed by atoms with Gasteiger partial charge in [0.15, 0.2) is 0 Å². The van der Waals surface area contributed by atoms with Crippen LogP contribution in [0.1, 0.15) is 35.6 Å². The van der Waals surface area contributed by atoms with Gasteiger partial charge in [0.1, 0.15) is 5.75 Å². The lowest BCUT2D eigenvalue weighted by Gasteiger charge is -2.32. The lowest BCUT2D eigenvalue weighted by atomic mass is 9.89. The number of aromatic nitrogens is 2. The Bertz CT molecular complexity index is 963. The first kappa shape index (κ1) is 18.3. The predicted molar refractivity (Wildman–Crippen MR) is 109 cm³/mol. The number of benzene rings is 2. The summed E-state index contributed by atoms with van der Waals surface area (Å²) in [5, 5.41) is 16.5. The van der Waals surface area contributed by atoms with Crippen molar-refractivity contribution >= 4 is 0 Å². The third-order valence-corrected chi connectivity index (χ3v) is 5.53. The average molecular weight is 372 g/mol. The molecule has 1 aromatic heterocycles. The quantitative estimate of drug-likeness (QED) is 0.724. The van der Waals surface area contributed by atoms with E-state index in [0.29, 0.717) is 11.5 Å². The van der Waals surface area contributed by atoms with Crippen LogP contribution in [0, 0.1) is 11.3 Å². The fourth-order valence-electron chi connectivity index (χ4n) is 3.95. The Balaban J connectivity index is 1.41. The van der Waals surface area contributed by atoms with Crippen LogP contribution in [0.4, 0.5) is 0 Å². The molecule has 1 aliphatic heterocycles. The number of rotatable bonds is 5. The molecule has 0 saturated carbocycles. The van der Waals surface area contributed by atoms with Gasteiger partial charge < -0.3 is 4.74 Å². The van der Waals surface area contributed by atoms with Gasteiger partial charge in [0.2, 0.25) is 0 Å². The van der Waals surface area contributed by atoms with Gasteiger partial charge in [0, 0.05) is 23.7 Å². The van der Waals surface area contributed by atoms with E-state index in [2.05, 4.69) is 45.4 Å². The zero-order valence-electron chi connectivity index (χ0n) is 16.1. The van der Waals surface area contributed by atoms with Gasteiger partial charge in [-0.05, 0) is 61.3 Å². The van der Waals surface area contributed by atoms with Crippen molar-refractivity contribution in [2.24, 2.45) is 0 Å². The van der Waals surface area contributed by atoms with Crippen molar-refractivity contribution in [1.29, 1.82) is 5.26 Å². The Morgan fingerprint density at radius 3 is 2.68 bits per heavy atom. The third kappa shape index (κ3) is 3.92. The van der Waals surface area contributed by atoms with Gasteiger partial charge in [-0.15, -0.1) is 0 Å². The number of nitrogens with one attached hydrogen (secondary N) is 1. The molecule has 1 saturated heterocycles. The summed E-state index contributed by atoms with van der Waals surface area (Å²) in [7, 11) is 1.69. The maximum atomic E-state index is 8.93. The smallest absolute Gasteiger partial charge is 0.119 e. The van der Waals surface area contributed by atoms with Crippen LogP contribution in [0.2, 0.25) is 0 Å². The highest BCUT2D eigenvalue weighted by Crippen LogP contribution is 2.35.